The van der Waals surface area contributed by atoms with Gasteiger partial charge in [-0.15, -0.1) is 0 Å². The zero-order valence-corrected chi connectivity index (χ0v) is 19.3. The van der Waals surface area contributed by atoms with E-state index in [1.165, 1.54) is 0 Å². The van der Waals surface area contributed by atoms with Crippen LogP contribution in [-0.2, 0) is 17.3 Å². The Balaban J connectivity index is 1.59. The van der Waals surface area contributed by atoms with Gasteiger partial charge in [0.25, 0.3) is 0 Å². The number of urea groups is 1. The summed E-state index contributed by atoms with van der Waals surface area (Å²) in [5.41, 5.74) is 1.65. The first-order valence-corrected chi connectivity index (χ1v) is 11.4. The highest BCUT2D eigenvalue weighted by Crippen LogP contribution is 2.37. The summed E-state index contributed by atoms with van der Waals surface area (Å²) in [7, 11) is 0. The highest BCUT2D eigenvalue weighted by atomic mass is 19.4. The summed E-state index contributed by atoms with van der Waals surface area (Å²) in [4.78, 5) is 17.1. The number of aromatic amines is 1. The Labute approximate surface area is 192 Å². The van der Waals surface area contributed by atoms with Crippen LogP contribution in [0.25, 0.3) is 0 Å². The lowest BCUT2D eigenvalue weighted by Crippen LogP contribution is -2.56. The van der Waals surface area contributed by atoms with E-state index in [2.05, 4.69) is 10.2 Å². The van der Waals surface area contributed by atoms with Crippen molar-refractivity contribution in [3.8, 4) is 0 Å². The molecule has 2 amide bonds. The molecule has 1 aromatic carbocycles. The Morgan fingerprint density at radius 3 is 2.48 bits per heavy atom. The fourth-order valence-corrected chi connectivity index (χ4v) is 4.80. The molecule has 0 aliphatic carbocycles. The Kier molecular flexibility index (Phi) is 6.44. The van der Waals surface area contributed by atoms with Crippen molar-refractivity contribution in [3.05, 3.63) is 52.8 Å². The van der Waals surface area contributed by atoms with E-state index in [4.69, 9.17) is 4.74 Å². The molecule has 2 unspecified atom stereocenters. The van der Waals surface area contributed by atoms with E-state index in [9.17, 15) is 18.0 Å². The van der Waals surface area contributed by atoms with Crippen molar-refractivity contribution in [1.29, 1.82) is 0 Å². The zero-order valence-electron chi connectivity index (χ0n) is 19.3. The number of benzene rings is 1. The molecular formula is C24H31F3N4O2. The SMILES string of the molecule is CCc1cc(C2CC(c3ccc(C(F)(F)F)cc3)CN(C(=O)N3CCOC(C)(C)C3)C2)n[nH]1. The van der Waals surface area contributed by atoms with Crippen LogP contribution in [0.2, 0.25) is 0 Å². The third-order valence-electron chi connectivity index (χ3n) is 6.58. The van der Waals surface area contributed by atoms with Gasteiger partial charge in [-0.3, -0.25) is 5.10 Å². The number of aryl methyl sites for hydroxylation is 1. The van der Waals surface area contributed by atoms with Gasteiger partial charge >= 0.3 is 12.2 Å². The molecule has 1 aromatic heterocycles. The number of alkyl halides is 3. The van der Waals surface area contributed by atoms with Gasteiger partial charge < -0.3 is 14.5 Å². The van der Waals surface area contributed by atoms with Gasteiger partial charge in [-0.2, -0.15) is 18.3 Å². The number of nitrogens with zero attached hydrogens (tertiary/aromatic N) is 3. The van der Waals surface area contributed by atoms with Crippen molar-refractivity contribution in [2.45, 2.75) is 57.2 Å². The van der Waals surface area contributed by atoms with Gasteiger partial charge in [0.15, 0.2) is 0 Å². The fraction of sp³-hybridized carbons (Fsp3) is 0.583. The summed E-state index contributed by atoms with van der Waals surface area (Å²) in [6, 6.07) is 7.30. The minimum Gasteiger partial charge on any atom is -0.372 e. The predicted molar refractivity (Wildman–Crippen MR) is 118 cm³/mol. The quantitative estimate of drug-likeness (QED) is 0.710. The standard InChI is InChI=1S/C24H31F3N4O2/c1-4-20-12-21(29-28-20)18-11-17(16-5-7-19(8-6-16)24(25,26)27)13-31(14-18)22(32)30-9-10-33-23(2,3)15-30/h5-8,12,17-18H,4,9-11,13-15H2,1-3H3,(H,28,29). The van der Waals surface area contributed by atoms with Crippen LogP contribution in [0.3, 0.4) is 0 Å². The molecule has 33 heavy (non-hydrogen) atoms. The van der Waals surface area contributed by atoms with Crippen LogP contribution in [0.15, 0.2) is 30.3 Å². The fourth-order valence-electron chi connectivity index (χ4n) is 4.80. The van der Waals surface area contributed by atoms with E-state index in [0.717, 1.165) is 41.9 Å². The maximum Gasteiger partial charge on any atom is 0.416 e. The van der Waals surface area contributed by atoms with E-state index in [1.54, 1.807) is 12.1 Å². The molecule has 0 spiro atoms. The number of likely N-dealkylation sites (tertiary alicyclic amines) is 1. The Morgan fingerprint density at radius 1 is 1.18 bits per heavy atom. The number of carbonyl (C=O) groups excluding carboxylic acids is 1. The summed E-state index contributed by atoms with van der Waals surface area (Å²) < 4.78 is 44.9. The lowest BCUT2D eigenvalue weighted by molar-refractivity contribution is -0.137. The number of H-pyrrole nitrogens is 1. The molecule has 0 radical (unpaired) electrons. The average molecular weight is 465 g/mol. The number of ether oxygens (including phenoxy) is 1. The van der Waals surface area contributed by atoms with Crippen molar-refractivity contribution < 1.29 is 22.7 Å². The smallest absolute Gasteiger partial charge is 0.372 e. The number of nitrogens with one attached hydrogen (secondary N) is 1. The van der Waals surface area contributed by atoms with Crippen molar-refractivity contribution in [1.82, 2.24) is 20.0 Å². The van der Waals surface area contributed by atoms with Gasteiger partial charge in [-0.1, -0.05) is 19.1 Å². The third-order valence-corrected chi connectivity index (χ3v) is 6.58. The minimum absolute atomic E-state index is 0.000549. The molecule has 2 atom stereocenters. The molecule has 2 saturated heterocycles. The first-order valence-electron chi connectivity index (χ1n) is 11.4. The van der Waals surface area contributed by atoms with Gasteiger partial charge in [0.1, 0.15) is 0 Å². The molecule has 2 aliphatic heterocycles. The number of amides is 2. The van der Waals surface area contributed by atoms with Crippen molar-refractivity contribution >= 4 is 6.03 Å². The highest BCUT2D eigenvalue weighted by Gasteiger charge is 2.38. The van der Waals surface area contributed by atoms with Crippen LogP contribution in [-0.4, -0.2) is 64.4 Å². The topological polar surface area (TPSA) is 61.5 Å². The first-order chi connectivity index (χ1) is 15.6. The third kappa shape index (κ3) is 5.34. The Morgan fingerprint density at radius 2 is 1.88 bits per heavy atom. The van der Waals surface area contributed by atoms with Crippen LogP contribution >= 0.6 is 0 Å². The molecule has 2 aromatic rings. The molecule has 6 nitrogen and oxygen atoms in total. The number of rotatable bonds is 3. The average Bonchev–Trinajstić information content (AvgIpc) is 3.26. The van der Waals surface area contributed by atoms with E-state index in [1.807, 2.05) is 36.6 Å². The summed E-state index contributed by atoms with van der Waals surface area (Å²) in [6.45, 7) is 8.47. The largest absolute Gasteiger partial charge is 0.416 e. The number of piperidine rings is 1. The molecule has 2 fully saturated rings. The zero-order chi connectivity index (χ0) is 23.8. The van der Waals surface area contributed by atoms with Crippen molar-refractivity contribution in [3.63, 3.8) is 0 Å². The summed E-state index contributed by atoms with van der Waals surface area (Å²) in [6.07, 6.45) is -2.82. The molecule has 3 heterocycles. The van der Waals surface area contributed by atoms with Gasteiger partial charge in [-0.05, 0) is 50.5 Å². The van der Waals surface area contributed by atoms with Crippen LogP contribution in [0.5, 0.6) is 0 Å². The highest BCUT2D eigenvalue weighted by molar-refractivity contribution is 5.75. The first kappa shape index (κ1) is 23.6. The molecule has 2 aliphatic rings. The van der Waals surface area contributed by atoms with E-state index >= 15 is 0 Å². The number of halogens is 3. The van der Waals surface area contributed by atoms with Crippen LogP contribution in [0.1, 0.15) is 61.5 Å². The lowest BCUT2D eigenvalue weighted by atomic mass is 9.82. The summed E-state index contributed by atoms with van der Waals surface area (Å²) >= 11 is 0. The van der Waals surface area contributed by atoms with Crippen molar-refractivity contribution in [2.24, 2.45) is 0 Å². The van der Waals surface area contributed by atoms with Gasteiger partial charge in [0, 0.05) is 37.2 Å². The monoisotopic (exact) mass is 464 g/mol. The maximum absolute atomic E-state index is 13.5. The predicted octanol–water partition coefficient (Wildman–Crippen LogP) is 4.79. The van der Waals surface area contributed by atoms with E-state index < -0.39 is 17.3 Å². The second kappa shape index (κ2) is 9.00. The summed E-state index contributed by atoms with van der Waals surface area (Å²) in [5, 5.41) is 7.51. The second-order valence-electron chi connectivity index (χ2n) is 9.64. The van der Waals surface area contributed by atoms with Gasteiger partial charge in [0.05, 0.1) is 30.0 Å². The number of carbonyl (C=O) groups is 1. The molecule has 1 N–H and O–H groups in total. The van der Waals surface area contributed by atoms with Gasteiger partial charge in [-0.25, -0.2) is 4.79 Å². The van der Waals surface area contributed by atoms with Crippen LogP contribution in [0, 0.1) is 0 Å². The number of morpholine rings is 1. The second-order valence-corrected chi connectivity index (χ2v) is 9.64. The number of aromatic nitrogens is 2. The lowest BCUT2D eigenvalue weighted by Gasteiger charge is -2.43. The van der Waals surface area contributed by atoms with E-state index in [0.29, 0.717) is 32.8 Å². The van der Waals surface area contributed by atoms with Crippen molar-refractivity contribution in [2.75, 3.05) is 32.8 Å². The summed E-state index contributed by atoms with van der Waals surface area (Å²) in [5.74, 6) is -0.0774. The van der Waals surface area contributed by atoms with Gasteiger partial charge in [0.2, 0.25) is 0 Å². The molecular weight excluding hydrogens is 433 g/mol. The molecule has 0 saturated carbocycles. The molecule has 0 bridgehead atoms. The molecule has 4 rings (SSSR count). The maximum atomic E-state index is 13.5. The Bertz CT molecular complexity index is 971. The normalized spacial score (nSPS) is 23.6. The molecule has 180 valence electrons. The number of hydrogen-bond donors (Lipinski definition) is 1. The molecule has 9 heteroatoms. The number of hydrogen-bond acceptors (Lipinski definition) is 3. The van der Waals surface area contributed by atoms with E-state index in [-0.39, 0.29) is 17.9 Å². The Hall–Kier alpha value is -2.55. The van der Waals surface area contributed by atoms with Crippen LogP contribution < -0.4 is 0 Å². The van der Waals surface area contributed by atoms with Crippen LogP contribution in [0.4, 0.5) is 18.0 Å². The minimum atomic E-state index is -4.37.